The van der Waals surface area contributed by atoms with Crippen LogP contribution in [0.2, 0.25) is 0 Å². The molecular weight excluding hydrogens is 414 g/mol. The lowest BCUT2D eigenvalue weighted by molar-refractivity contribution is -0.175. The zero-order valence-corrected chi connectivity index (χ0v) is 26.1. The molecule has 0 aromatic rings. The van der Waals surface area contributed by atoms with Gasteiger partial charge in [-0.3, -0.25) is 14.7 Å². The van der Waals surface area contributed by atoms with Gasteiger partial charge in [0, 0.05) is 34.2 Å². The first-order valence-corrected chi connectivity index (χ1v) is 13.8. The summed E-state index contributed by atoms with van der Waals surface area (Å²) in [6.07, 6.45) is 6.14. The molecule has 2 fully saturated rings. The highest BCUT2D eigenvalue weighted by Gasteiger charge is 2.60. The van der Waals surface area contributed by atoms with Crippen molar-refractivity contribution in [3.8, 4) is 0 Å². The fourth-order valence-corrected chi connectivity index (χ4v) is 7.33. The van der Waals surface area contributed by atoms with Crippen LogP contribution in [0, 0.1) is 10.8 Å². The minimum atomic E-state index is 0. The normalized spacial score (nSPS) is 40.1. The third-order valence-electron chi connectivity index (χ3n) is 12.7. The maximum absolute atomic E-state index is 2.67. The Labute approximate surface area is 217 Å². The van der Waals surface area contributed by atoms with Crippen LogP contribution in [0.3, 0.4) is 0 Å². The Balaban J connectivity index is 0.000000623. The molecule has 2 aliphatic rings. The van der Waals surface area contributed by atoms with Crippen molar-refractivity contribution < 1.29 is 0 Å². The van der Waals surface area contributed by atoms with Gasteiger partial charge in [-0.2, -0.15) is 0 Å². The molecule has 3 heteroatoms. The van der Waals surface area contributed by atoms with E-state index < -0.39 is 0 Å². The Hall–Kier alpha value is -0.120. The monoisotopic (exact) mass is 482 g/mol. The molecule has 2 aliphatic heterocycles. The standard InChI is InChI=1S/C16H33N.C14H30N2.CH4/c1-10-15(7)12-13(3,4)14(5,6)16(8,11-2)17(15)9;1-9-13(5)11-15(7)12(3,4)14(6,10-2)16(13)8;/h10-12H2,1-9H3;9-11H2,1-8H3;1H4. The smallest absolute Gasteiger partial charge is 0.0359 e. The lowest BCUT2D eigenvalue weighted by Gasteiger charge is -2.68. The predicted octanol–water partition coefficient (Wildman–Crippen LogP) is 8.33. The van der Waals surface area contributed by atoms with Crippen LogP contribution in [0.4, 0.5) is 0 Å². The minimum absolute atomic E-state index is 0. The number of rotatable bonds is 4. The molecular formula is C31H67N3. The van der Waals surface area contributed by atoms with Gasteiger partial charge in [0.05, 0.1) is 0 Å². The van der Waals surface area contributed by atoms with Crippen LogP contribution >= 0.6 is 0 Å². The van der Waals surface area contributed by atoms with Gasteiger partial charge < -0.3 is 0 Å². The van der Waals surface area contributed by atoms with Crippen molar-refractivity contribution >= 4 is 0 Å². The average Bonchev–Trinajstić information content (AvgIpc) is 2.74. The summed E-state index contributed by atoms with van der Waals surface area (Å²) in [4.78, 5) is 7.84. The zero-order chi connectivity index (χ0) is 26.5. The first kappa shape index (κ1) is 33.9. The van der Waals surface area contributed by atoms with E-state index in [0.717, 1.165) is 6.54 Å². The summed E-state index contributed by atoms with van der Waals surface area (Å²) in [6.45, 7) is 34.8. The third kappa shape index (κ3) is 4.76. The van der Waals surface area contributed by atoms with E-state index in [4.69, 9.17) is 0 Å². The second kappa shape index (κ2) is 10.3. The van der Waals surface area contributed by atoms with Crippen molar-refractivity contribution in [2.24, 2.45) is 10.8 Å². The molecule has 206 valence electrons. The summed E-state index contributed by atoms with van der Waals surface area (Å²) >= 11 is 0. The van der Waals surface area contributed by atoms with Gasteiger partial charge in [0.2, 0.25) is 0 Å². The maximum Gasteiger partial charge on any atom is 0.0359 e. The number of hydrogen-bond acceptors (Lipinski definition) is 3. The van der Waals surface area contributed by atoms with Crippen LogP contribution in [-0.4, -0.2) is 70.1 Å². The van der Waals surface area contributed by atoms with Crippen LogP contribution in [-0.2, 0) is 0 Å². The molecule has 0 amide bonds. The minimum Gasteiger partial charge on any atom is -0.298 e. The van der Waals surface area contributed by atoms with Crippen molar-refractivity contribution in [3.05, 3.63) is 0 Å². The Morgan fingerprint density at radius 1 is 0.559 bits per heavy atom. The molecule has 2 saturated heterocycles. The summed E-state index contributed by atoms with van der Waals surface area (Å²) in [5.74, 6) is 0. The van der Waals surface area contributed by atoms with E-state index in [9.17, 15) is 0 Å². The molecule has 0 aromatic carbocycles. The molecule has 0 aromatic heterocycles. The van der Waals surface area contributed by atoms with Crippen molar-refractivity contribution in [1.29, 1.82) is 0 Å². The molecule has 34 heavy (non-hydrogen) atoms. The fourth-order valence-electron chi connectivity index (χ4n) is 7.33. The third-order valence-corrected chi connectivity index (χ3v) is 12.7. The number of nitrogens with zero attached hydrogens (tertiary/aromatic N) is 3. The Morgan fingerprint density at radius 2 is 0.941 bits per heavy atom. The van der Waals surface area contributed by atoms with Crippen LogP contribution in [0.25, 0.3) is 0 Å². The van der Waals surface area contributed by atoms with E-state index in [1.807, 2.05) is 0 Å². The number of piperazine rings is 1. The highest BCUT2D eigenvalue weighted by molar-refractivity contribution is 5.14. The van der Waals surface area contributed by atoms with Crippen LogP contribution in [0.15, 0.2) is 0 Å². The molecule has 0 saturated carbocycles. The summed E-state index contributed by atoms with van der Waals surface area (Å²) in [7, 11) is 6.92. The Morgan fingerprint density at radius 3 is 1.29 bits per heavy atom. The number of likely N-dealkylation sites (N-methyl/N-ethyl adjacent to an activating group) is 2. The molecule has 0 radical (unpaired) electrons. The highest BCUT2D eigenvalue weighted by Crippen LogP contribution is 2.60. The van der Waals surface area contributed by atoms with E-state index in [1.165, 1.54) is 32.1 Å². The summed E-state index contributed by atoms with van der Waals surface area (Å²) < 4.78 is 0. The molecule has 3 nitrogen and oxygen atoms in total. The predicted molar refractivity (Wildman–Crippen MR) is 156 cm³/mol. The maximum atomic E-state index is 2.67. The molecule has 2 rings (SSSR count). The van der Waals surface area contributed by atoms with Crippen molar-refractivity contribution in [2.45, 2.75) is 164 Å². The van der Waals surface area contributed by atoms with Crippen molar-refractivity contribution in [2.75, 3.05) is 27.7 Å². The van der Waals surface area contributed by atoms with Crippen molar-refractivity contribution in [3.63, 3.8) is 0 Å². The van der Waals surface area contributed by atoms with Gasteiger partial charge in [-0.1, -0.05) is 62.8 Å². The first-order valence-electron chi connectivity index (χ1n) is 13.8. The van der Waals surface area contributed by atoms with Gasteiger partial charge in [-0.15, -0.1) is 0 Å². The van der Waals surface area contributed by atoms with Gasteiger partial charge in [0.15, 0.2) is 0 Å². The van der Waals surface area contributed by atoms with Gasteiger partial charge in [-0.05, 0) is 106 Å². The molecule has 0 aliphatic carbocycles. The Bertz CT molecular complexity index is 665. The van der Waals surface area contributed by atoms with E-state index >= 15 is 0 Å². The molecule has 4 atom stereocenters. The molecule has 2 heterocycles. The van der Waals surface area contributed by atoms with Gasteiger partial charge in [0.1, 0.15) is 0 Å². The van der Waals surface area contributed by atoms with E-state index in [-0.39, 0.29) is 24.0 Å². The van der Waals surface area contributed by atoms with Crippen LogP contribution in [0.1, 0.15) is 136 Å². The number of piperidine rings is 1. The van der Waals surface area contributed by atoms with Gasteiger partial charge in [0.25, 0.3) is 0 Å². The summed E-state index contributed by atoms with van der Waals surface area (Å²) in [5, 5.41) is 0. The average molecular weight is 482 g/mol. The Kier molecular flexibility index (Phi) is 10.3. The summed E-state index contributed by atoms with van der Waals surface area (Å²) in [6, 6.07) is 0. The topological polar surface area (TPSA) is 9.72 Å². The first-order chi connectivity index (χ1) is 14.6. The molecule has 4 unspecified atom stereocenters. The lowest BCUT2D eigenvalue weighted by atomic mass is 9.49. The molecule has 0 bridgehead atoms. The van der Waals surface area contributed by atoms with Crippen molar-refractivity contribution in [1.82, 2.24) is 14.7 Å². The van der Waals surface area contributed by atoms with Gasteiger partial charge in [-0.25, -0.2) is 0 Å². The highest BCUT2D eigenvalue weighted by atomic mass is 15.4. The van der Waals surface area contributed by atoms with Gasteiger partial charge >= 0.3 is 0 Å². The number of hydrogen-bond donors (Lipinski definition) is 0. The lowest BCUT2D eigenvalue weighted by Crippen LogP contribution is -2.76. The van der Waals surface area contributed by atoms with E-state index in [0.29, 0.717) is 21.9 Å². The van der Waals surface area contributed by atoms with E-state index in [1.54, 1.807) is 0 Å². The zero-order valence-electron chi connectivity index (χ0n) is 26.1. The second-order valence-electron chi connectivity index (χ2n) is 14.2. The van der Waals surface area contributed by atoms with Crippen LogP contribution in [0.5, 0.6) is 0 Å². The van der Waals surface area contributed by atoms with Crippen LogP contribution < -0.4 is 0 Å². The number of likely N-dealkylation sites (tertiary alicyclic amines) is 1. The van der Waals surface area contributed by atoms with E-state index in [2.05, 4.69) is 133 Å². The SMILES string of the molecule is C.CCC1(C)CC(C)(C)C(C)(C)C(C)(CC)N1C.CCC1(C)CN(C)C(C)(C)C(C)(CC)N1C. The second-order valence-corrected chi connectivity index (χ2v) is 14.2. The molecule has 0 N–H and O–H groups in total. The quantitative estimate of drug-likeness (QED) is 0.399. The molecule has 0 spiro atoms. The summed E-state index contributed by atoms with van der Waals surface area (Å²) in [5.41, 5.74) is 2.10. The fraction of sp³-hybridized carbons (Fsp3) is 1.00. The largest absolute Gasteiger partial charge is 0.298 e.